The number of carbonyl (C=O) groups excluding carboxylic acids is 2. The Bertz CT molecular complexity index is 843. The first-order chi connectivity index (χ1) is 13.5. The molecular weight excluding hydrogens is 358 g/mol. The van der Waals surface area contributed by atoms with Crippen molar-refractivity contribution in [1.29, 1.82) is 0 Å². The number of ether oxygens (including phenoxy) is 3. The minimum Gasteiger partial charge on any atom is -0.493 e. The molecule has 28 heavy (non-hydrogen) atoms. The maximum Gasteiger partial charge on any atom is 0.337 e. The van der Waals surface area contributed by atoms with Crippen molar-refractivity contribution in [2.45, 2.75) is 25.2 Å². The van der Waals surface area contributed by atoms with Gasteiger partial charge in [0.25, 0.3) is 0 Å². The Morgan fingerprint density at radius 3 is 2.25 bits per heavy atom. The second-order valence-corrected chi connectivity index (χ2v) is 6.88. The molecule has 1 amide bonds. The van der Waals surface area contributed by atoms with Crippen LogP contribution in [0.3, 0.4) is 0 Å². The monoisotopic (exact) mass is 383 g/mol. The van der Waals surface area contributed by atoms with Gasteiger partial charge in [0.1, 0.15) is 0 Å². The lowest BCUT2D eigenvalue weighted by Crippen LogP contribution is -2.17. The molecule has 148 valence electrons. The maximum absolute atomic E-state index is 12.6. The molecule has 0 heterocycles. The number of carbonyl (C=O) groups is 2. The summed E-state index contributed by atoms with van der Waals surface area (Å²) in [7, 11) is 4.55. The first-order valence-corrected chi connectivity index (χ1v) is 9.26. The normalized spacial score (nSPS) is 14.1. The largest absolute Gasteiger partial charge is 0.493 e. The average molecular weight is 383 g/mol. The zero-order chi connectivity index (χ0) is 20.1. The lowest BCUT2D eigenvalue weighted by atomic mass is 9.90. The summed E-state index contributed by atoms with van der Waals surface area (Å²) in [5, 5.41) is 2.91. The average Bonchev–Trinajstić information content (AvgIpc) is 3.56. The fourth-order valence-corrected chi connectivity index (χ4v) is 3.36. The van der Waals surface area contributed by atoms with Crippen LogP contribution in [0.25, 0.3) is 0 Å². The van der Waals surface area contributed by atoms with Crippen LogP contribution >= 0.6 is 0 Å². The molecular formula is C22H25NO5. The summed E-state index contributed by atoms with van der Waals surface area (Å²) in [4.78, 5) is 24.1. The predicted octanol–water partition coefficient (Wildman–Crippen LogP) is 4.01. The summed E-state index contributed by atoms with van der Waals surface area (Å²) in [6, 6.07) is 12.5. The highest BCUT2D eigenvalue weighted by Crippen LogP contribution is 2.46. The van der Waals surface area contributed by atoms with Gasteiger partial charge in [-0.3, -0.25) is 4.79 Å². The van der Waals surface area contributed by atoms with E-state index in [2.05, 4.69) is 10.1 Å². The van der Waals surface area contributed by atoms with Crippen molar-refractivity contribution in [3.8, 4) is 11.5 Å². The van der Waals surface area contributed by atoms with Gasteiger partial charge in [-0.1, -0.05) is 6.07 Å². The molecule has 0 aliphatic heterocycles. The number of rotatable bonds is 8. The zero-order valence-corrected chi connectivity index (χ0v) is 16.4. The highest BCUT2D eigenvalue weighted by Gasteiger charge is 2.34. The van der Waals surface area contributed by atoms with E-state index in [1.54, 1.807) is 38.5 Å². The first-order valence-electron chi connectivity index (χ1n) is 9.26. The quantitative estimate of drug-likeness (QED) is 0.697. The summed E-state index contributed by atoms with van der Waals surface area (Å²) in [6.45, 7) is 0. The zero-order valence-electron chi connectivity index (χ0n) is 16.4. The van der Waals surface area contributed by atoms with E-state index in [0.29, 0.717) is 35.1 Å². The highest BCUT2D eigenvalue weighted by molar-refractivity contribution is 5.93. The minimum absolute atomic E-state index is 0.0579. The van der Waals surface area contributed by atoms with Gasteiger partial charge in [0, 0.05) is 12.1 Å². The van der Waals surface area contributed by atoms with E-state index in [0.717, 1.165) is 18.4 Å². The number of amides is 1. The minimum atomic E-state index is -0.403. The summed E-state index contributed by atoms with van der Waals surface area (Å²) >= 11 is 0. The standard InChI is InChI=1S/C22H25NO5/c1-26-19-11-8-16(12-20(19)27-2)18(14-4-5-14)13-21(24)23-17-9-6-15(7-10-17)22(25)28-3/h6-12,14,18H,4-5,13H2,1-3H3,(H,23,24). The smallest absolute Gasteiger partial charge is 0.337 e. The van der Waals surface area contributed by atoms with E-state index in [9.17, 15) is 9.59 Å². The van der Waals surface area contributed by atoms with Crippen LogP contribution < -0.4 is 14.8 Å². The third-order valence-corrected chi connectivity index (χ3v) is 5.02. The Hall–Kier alpha value is -3.02. The summed E-state index contributed by atoms with van der Waals surface area (Å²) in [5.41, 5.74) is 2.18. The second kappa shape index (κ2) is 8.78. The molecule has 0 bridgehead atoms. The molecule has 1 atom stereocenters. The van der Waals surface area contributed by atoms with Crippen molar-refractivity contribution >= 4 is 17.6 Å². The number of hydrogen-bond donors (Lipinski definition) is 1. The van der Waals surface area contributed by atoms with Crippen LogP contribution in [0.2, 0.25) is 0 Å². The molecule has 3 rings (SSSR count). The van der Waals surface area contributed by atoms with Crippen LogP contribution in [-0.2, 0) is 9.53 Å². The van der Waals surface area contributed by atoms with Crippen molar-refractivity contribution < 1.29 is 23.8 Å². The van der Waals surface area contributed by atoms with Crippen molar-refractivity contribution in [3.63, 3.8) is 0 Å². The first kappa shape index (κ1) is 19.7. The fourth-order valence-electron chi connectivity index (χ4n) is 3.36. The van der Waals surface area contributed by atoms with E-state index in [4.69, 9.17) is 9.47 Å². The van der Waals surface area contributed by atoms with Gasteiger partial charge in [-0.15, -0.1) is 0 Å². The third-order valence-electron chi connectivity index (χ3n) is 5.02. The van der Waals surface area contributed by atoms with Crippen LogP contribution in [0.5, 0.6) is 11.5 Å². The molecule has 0 spiro atoms. The Morgan fingerprint density at radius 1 is 1.00 bits per heavy atom. The van der Waals surface area contributed by atoms with Gasteiger partial charge in [-0.2, -0.15) is 0 Å². The van der Waals surface area contributed by atoms with Gasteiger partial charge < -0.3 is 19.5 Å². The molecule has 6 heteroatoms. The Morgan fingerprint density at radius 2 is 1.68 bits per heavy atom. The number of methoxy groups -OCH3 is 3. The van der Waals surface area contributed by atoms with E-state index < -0.39 is 5.97 Å². The predicted molar refractivity (Wildman–Crippen MR) is 106 cm³/mol. The number of nitrogens with one attached hydrogen (secondary N) is 1. The Kier molecular flexibility index (Phi) is 6.19. The van der Waals surface area contributed by atoms with E-state index in [1.165, 1.54) is 7.11 Å². The molecule has 2 aromatic rings. The van der Waals surface area contributed by atoms with E-state index in [1.807, 2.05) is 18.2 Å². The summed E-state index contributed by atoms with van der Waals surface area (Å²) in [5.74, 6) is 1.53. The molecule has 1 N–H and O–H groups in total. The van der Waals surface area contributed by atoms with Gasteiger partial charge in [0.05, 0.1) is 26.9 Å². The molecule has 0 aromatic heterocycles. The van der Waals surface area contributed by atoms with Crippen molar-refractivity contribution in [1.82, 2.24) is 0 Å². The molecule has 2 aromatic carbocycles. The van der Waals surface area contributed by atoms with Gasteiger partial charge in [-0.25, -0.2) is 4.79 Å². The number of anilines is 1. The molecule has 0 saturated heterocycles. The Labute approximate surface area is 164 Å². The van der Waals surface area contributed by atoms with E-state index in [-0.39, 0.29) is 11.8 Å². The maximum atomic E-state index is 12.6. The number of esters is 1. The fraction of sp³-hybridized carbons (Fsp3) is 0.364. The van der Waals surface area contributed by atoms with E-state index >= 15 is 0 Å². The van der Waals surface area contributed by atoms with Crippen molar-refractivity contribution in [3.05, 3.63) is 53.6 Å². The van der Waals surface area contributed by atoms with Crippen LogP contribution in [0.1, 0.15) is 41.1 Å². The van der Waals surface area contributed by atoms with Gasteiger partial charge >= 0.3 is 5.97 Å². The van der Waals surface area contributed by atoms with Gasteiger partial charge in [-0.05, 0) is 66.6 Å². The molecule has 1 saturated carbocycles. The summed E-state index contributed by atoms with van der Waals surface area (Å²) < 4.78 is 15.4. The summed E-state index contributed by atoms with van der Waals surface area (Å²) in [6.07, 6.45) is 2.64. The Balaban J connectivity index is 1.69. The molecule has 1 aliphatic carbocycles. The van der Waals surface area contributed by atoms with Gasteiger partial charge in [0.15, 0.2) is 11.5 Å². The van der Waals surface area contributed by atoms with Crippen LogP contribution in [0.4, 0.5) is 5.69 Å². The number of benzene rings is 2. The van der Waals surface area contributed by atoms with Gasteiger partial charge in [0.2, 0.25) is 5.91 Å². The lowest BCUT2D eigenvalue weighted by molar-refractivity contribution is -0.116. The van der Waals surface area contributed by atoms with Crippen LogP contribution in [0.15, 0.2) is 42.5 Å². The van der Waals surface area contributed by atoms with Crippen LogP contribution in [0, 0.1) is 5.92 Å². The second-order valence-electron chi connectivity index (χ2n) is 6.88. The van der Waals surface area contributed by atoms with Crippen LogP contribution in [-0.4, -0.2) is 33.2 Å². The van der Waals surface area contributed by atoms with Crippen molar-refractivity contribution in [2.75, 3.05) is 26.6 Å². The SMILES string of the molecule is COC(=O)c1ccc(NC(=O)CC(c2ccc(OC)c(OC)c2)C2CC2)cc1. The highest BCUT2D eigenvalue weighted by atomic mass is 16.5. The topological polar surface area (TPSA) is 73.9 Å². The molecule has 1 aliphatic rings. The molecule has 6 nitrogen and oxygen atoms in total. The molecule has 0 radical (unpaired) electrons. The number of hydrogen-bond acceptors (Lipinski definition) is 5. The molecule has 1 fully saturated rings. The van der Waals surface area contributed by atoms with Crippen molar-refractivity contribution in [2.24, 2.45) is 5.92 Å². The lowest BCUT2D eigenvalue weighted by Gasteiger charge is -2.18. The molecule has 1 unspecified atom stereocenters. The third kappa shape index (κ3) is 4.63.